The summed E-state index contributed by atoms with van der Waals surface area (Å²) in [5.41, 5.74) is 2.20. The van der Waals surface area contributed by atoms with Crippen molar-refractivity contribution in [1.29, 1.82) is 0 Å². The lowest BCUT2D eigenvalue weighted by Gasteiger charge is -2.23. The molecule has 2 aromatic heterocycles. The SMILES string of the molecule is C=C1CCCN(c2nc(OC)nc3c(F)c(-c4cc(OCOC)cc5ccc(F)c(CC)c45)ncc23)CC1. The van der Waals surface area contributed by atoms with Crippen LogP contribution < -0.4 is 14.4 Å². The molecule has 0 saturated carbocycles. The second-order valence-electron chi connectivity index (χ2n) is 9.31. The maximum absolute atomic E-state index is 16.4. The smallest absolute Gasteiger partial charge is 0.318 e. The standard InChI is InChI=1S/C29H30F2N4O3/c1-5-20-23(30)9-8-18-13-19(38-16-36-3)14-21(24(18)20)26-25(31)27-22(15-32-26)28(34-29(33-27)37-4)35-11-6-7-17(2)10-12-35/h8-9,13-15H,2,5-7,10-12,16H2,1,3-4H3. The number of anilines is 1. The molecular formula is C29H30F2N4O3. The molecular weight excluding hydrogens is 490 g/mol. The van der Waals surface area contributed by atoms with Crippen LogP contribution in [-0.2, 0) is 11.2 Å². The van der Waals surface area contributed by atoms with Gasteiger partial charge in [-0.2, -0.15) is 9.97 Å². The number of halogens is 2. The number of aryl methyl sites for hydroxylation is 1. The zero-order valence-electron chi connectivity index (χ0n) is 21.8. The largest absolute Gasteiger partial charge is 0.468 e. The predicted octanol–water partition coefficient (Wildman–Crippen LogP) is 6.22. The van der Waals surface area contributed by atoms with Gasteiger partial charge in [0.2, 0.25) is 0 Å². The molecule has 7 nitrogen and oxygen atoms in total. The van der Waals surface area contributed by atoms with Gasteiger partial charge in [-0.3, -0.25) is 4.98 Å². The normalized spacial score (nSPS) is 14.2. The quantitative estimate of drug-likeness (QED) is 0.212. The average Bonchev–Trinajstić information content (AvgIpc) is 3.15. The summed E-state index contributed by atoms with van der Waals surface area (Å²) in [7, 11) is 2.97. The third-order valence-corrected chi connectivity index (χ3v) is 6.91. The van der Waals surface area contributed by atoms with Gasteiger partial charge in [0.15, 0.2) is 12.6 Å². The summed E-state index contributed by atoms with van der Waals surface area (Å²) in [5, 5.41) is 1.77. The van der Waals surface area contributed by atoms with Crippen molar-refractivity contribution < 1.29 is 23.0 Å². The highest BCUT2D eigenvalue weighted by Crippen LogP contribution is 2.39. The highest BCUT2D eigenvalue weighted by Gasteiger charge is 2.24. The summed E-state index contributed by atoms with van der Waals surface area (Å²) in [6.07, 6.45) is 4.70. The number of nitrogens with zero attached hydrogens (tertiary/aromatic N) is 4. The number of aromatic nitrogens is 3. The topological polar surface area (TPSA) is 69.6 Å². The van der Waals surface area contributed by atoms with Crippen LogP contribution in [0, 0.1) is 11.6 Å². The molecule has 0 atom stereocenters. The summed E-state index contributed by atoms with van der Waals surface area (Å²) in [5.74, 6) is 0.0270. The first-order valence-corrected chi connectivity index (χ1v) is 12.6. The van der Waals surface area contributed by atoms with Crippen molar-refractivity contribution in [3.8, 4) is 23.0 Å². The third kappa shape index (κ3) is 4.74. The van der Waals surface area contributed by atoms with Gasteiger partial charge in [-0.05, 0) is 60.2 Å². The molecule has 0 N–H and O–H groups in total. The van der Waals surface area contributed by atoms with Crippen LogP contribution in [0.25, 0.3) is 32.9 Å². The van der Waals surface area contributed by atoms with E-state index in [1.165, 1.54) is 25.9 Å². The van der Waals surface area contributed by atoms with E-state index < -0.39 is 5.82 Å². The Balaban J connectivity index is 1.75. The molecule has 0 aliphatic carbocycles. The molecule has 38 heavy (non-hydrogen) atoms. The summed E-state index contributed by atoms with van der Waals surface area (Å²) in [4.78, 5) is 15.6. The van der Waals surface area contributed by atoms with Gasteiger partial charge in [0.1, 0.15) is 28.6 Å². The number of hydrogen-bond acceptors (Lipinski definition) is 7. The Hall–Kier alpha value is -3.85. The van der Waals surface area contributed by atoms with Gasteiger partial charge >= 0.3 is 6.01 Å². The zero-order chi connectivity index (χ0) is 26.8. The molecule has 0 unspecified atom stereocenters. The fourth-order valence-electron chi connectivity index (χ4n) is 5.03. The first-order valence-electron chi connectivity index (χ1n) is 12.6. The van der Waals surface area contributed by atoms with Crippen LogP contribution in [0.1, 0.15) is 31.7 Å². The highest BCUT2D eigenvalue weighted by atomic mass is 19.1. The molecule has 1 aliphatic rings. The van der Waals surface area contributed by atoms with Crippen molar-refractivity contribution in [2.45, 2.75) is 32.6 Å². The monoisotopic (exact) mass is 520 g/mol. The molecule has 5 rings (SSSR count). The lowest BCUT2D eigenvalue weighted by Crippen LogP contribution is -2.25. The molecule has 2 aromatic carbocycles. The Kier molecular flexibility index (Phi) is 7.37. The Labute approximate surface area is 220 Å². The molecule has 0 bridgehead atoms. The van der Waals surface area contributed by atoms with E-state index in [9.17, 15) is 4.39 Å². The van der Waals surface area contributed by atoms with Crippen LogP contribution in [0.15, 0.2) is 42.6 Å². The lowest BCUT2D eigenvalue weighted by atomic mass is 9.94. The summed E-state index contributed by atoms with van der Waals surface area (Å²) in [6, 6.07) is 6.58. The predicted molar refractivity (Wildman–Crippen MR) is 144 cm³/mol. The van der Waals surface area contributed by atoms with E-state index in [2.05, 4.69) is 26.4 Å². The summed E-state index contributed by atoms with van der Waals surface area (Å²) < 4.78 is 47.4. The maximum atomic E-state index is 16.4. The van der Waals surface area contributed by atoms with E-state index in [0.717, 1.165) is 25.8 Å². The number of benzene rings is 2. The van der Waals surface area contributed by atoms with E-state index in [1.54, 1.807) is 24.4 Å². The van der Waals surface area contributed by atoms with Crippen molar-refractivity contribution in [2.24, 2.45) is 0 Å². The molecule has 1 aliphatic heterocycles. The highest BCUT2D eigenvalue weighted by molar-refractivity contribution is 6.01. The van der Waals surface area contributed by atoms with Crippen LogP contribution >= 0.6 is 0 Å². The number of rotatable bonds is 7. The van der Waals surface area contributed by atoms with E-state index in [0.29, 0.717) is 51.8 Å². The van der Waals surface area contributed by atoms with E-state index >= 15 is 4.39 Å². The molecule has 9 heteroatoms. The van der Waals surface area contributed by atoms with Crippen LogP contribution in [0.4, 0.5) is 14.6 Å². The number of fused-ring (bicyclic) bond motifs is 2. The number of hydrogen-bond donors (Lipinski definition) is 0. The molecule has 198 valence electrons. The van der Waals surface area contributed by atoms with Crippen molar-refractivity contribution in [1.82, 2.24) is 15.0 Å². The molecule has 0 radical (unpaired) electrons. The number of ether oxygens (including phenoxy) is 3. The van der Waals surface area contributed by atoms with Gasteiger partial charge in [0, 0.05) is 32.0 Å². The zero-order valence-corrected chi connectivity index (χ0v) is 21.8. The van der Waals surface area contributed by atoms with Crippen LogP contribution in [0.3, 0.4) is 0 Å². The second-order valence-corrected chi connectivity index (χ2v) is 9.31. The molecule has 3 heterocycles. The molecule has 1 saturated heterocycles. The van der Waals surface area contributed by atoms with Crippen molar-refractivity contribution in [3.63, 3.8) is 0 Å². The van der Waals surface area contributed by atoms with Gasteiger partial charge < -0.3 is 19.1 Å². The van der Waals surface area contributed by atoms with E-state index in [4.69, 9.17) is 14.2 Å². The van der Waals surface area contributed by atoms with Crippen molar-refractivity contribution in [2.75, 3.05) is 39.0 Å². The van der Waals surface area contributed by atoms with Crippen LogP contribution in [-0.4, -0.2) is 49.1 Å². The fourth-order valence-corrected chi connectivity index (χ4v) is 5.03. The van der Waals surface area contributed by atoms with Crippen LogP contribution in [0.5, 0.6) is 11.8 Å². The maximum Gasteiger partial charge on any atom is 0.318 e. The Morgan fingerprint density at radius 1 is 1.08 bits per heavy atom. The lowest BCUT2D eigenvalue weighted by molar-refractivity contribution is 0.0512. The van der Waals surface area contributed by atoms with Gasteiger partial charge in [0.25, 0.3) is 0 Å². The second kappa shape index (κ2) is 10.9. The minimum Gasteiger partial charge on any atom is -0.468 e. The van der Waals surface area contributed by atoms with E-state index in [-0.39, 0.29) is 29.8 Å². The first kappa shape index (κ1) is 25.8. The van der Waals surface area contributed by atoms with Gasteiger partial charge in [-0.15, -0.1) is 0 Å². The van der Waals surface area contributed by atoms with Crippen molar-refractivity contribution >= 4 is 27.5 Å². The molecule has 0 amide bonds. The third-order valence-electron chi connectivity index (χ3n) is 6.91. The van der Waals surface area contributed by atoms with Gasteiger partial charge in [-0.1, -0.05) is 25.1 Å². The average molecular weight is 521 g/mol. The molecule has 0 spiro atoms. The Morgan fingerprint density at radius 2 is 1.92 bits per heavy atom. The first-order chi connectivity index (χ1) is 18.4. The Bertz CT molecular complexity index is 1530. The number of pyridine rings is 1. The summed E-state index contributed by atoms with van der Waals surface area (Å²) >= 11 is 0. The molecule has 1 fully saturated rings. The summed E-state index contributed by atoms with van der Waals surface area (Å²) in [6.45, 7) is 7.46. The van der Waals surface area contributed by atoms with Crippen molar-refractivity contribution in [3.05, 3.63) is 59.8 Å². The minimum absolute atomic E-state index is 0.0104. The fraction of sp³-hybridized carbons (Fsp3) is 0.345. The van der Waals surface area contributed by atoms with Gasteiger partial charge in [0.05, 0.1) is 12.5 Å². The number of methoxy groups -OCH3 is 2. The Morgan fingerprint density at radius 3 is 2.68 bits per heavy atom. The molecule has 4 aromatic rings. The minimum atomic E-state index is -0.639. The van der Waals surface area contributed by atoms with Gasteiger partial charge in [-0.25, -0.2) is 8.78 Å². The van der Waals surface area contributed by atoms with E-state index in [1.807, 2.05) is 6.92 Å². The van der Waals surface area contributed by atoms with Crippen LogP contribution in [0.2, 0.25) is 0 Å².